The van der Waals surface area contributed by atoms with Crippen LogP contribution in [0.4, 0.5) is 0 Å². The molecule has 0 aliphatic heterocycles. The maximum atomic E-state index is 5.49. The fourth-order valence-corrected chi connectivity index (χ4v) is 1.26. The van der Waals surface area contributed by atoms with Gasteiger partial charge in [0, 0.05) is 7.47 Å². The Kier molecular flexibility index (Phi) is 8.85. The van der Waals surface area contributed by atoms with Crippen molar-refractivity contribution in [1.82, 2.24) is 0 Å². The molecule has 0 nitrogen and oxygen atoms in total. The molecule has 0 bridgehead atoms. The molecule has 3 heteroatoms. The van der Waals surface area contributed by atoms with Crippen LogP contribution in [0.5, 0.6) is 0 Å². The molecule has 0 aliphatic carbocycles. The zero-order chi connectivity index (χ0) is 7.11. The molecule has 0 aliphatic rings. The highest BCUT2D eigenvalue weighted by Gasteiger charge is 1.84. The zero-order valence-corrected chi connectivity index (χ0v) is 10.1. The summed E-state index contributed by atoms with van der Waals surface area (Å²) >= 11 is 10.1. The average Bonchev–Trinajstić information content (AvgIpc) is 1.80. The molecule has 0 saturated heterocycles. The summed E-state index contributed by atoms with van der Waals surface area (Å²) in [7, 11) is 0. The van der Waals surface area contributed by atoms with Gasteiger partial charge in [-0.15, -0.1) is 11.6 Å². The van der Waals surface area contributed by atoms with Gasteiger partial charge in [0.2, 0.25) is 0 Å². The van der Waals surface area contributed by atoms with E-state index in [1.54, 1.807) is 0 Å². The largest absolute Gasteiger partial charge is 0.127 e. The summed E-state index contributed by atoms with van der Waals surface area (Å²) in [6.07, 6.45) is 5.76. The second-order valence-corrected chi connectivity index (χ2v) is 6.44. The molecule has 0 fully saturated rings. The average molecular weight is 370 g/mol. The van der Waals surface area contributed by atoms with Crippen LogP contribution in [0.2, 0.25) is 0 Å². The van der Waals surface area contributed by atoms with E-state index in [1.165, 1.54) is 14.4 Å². The standard InChI is InChI=1S/C6H9ClI2/c7-5-3-1-2-4-6(8)9/h4H,1-3,5H2. The predicted octanol–water partition coefficient (Wildman–Crippen LogP) is 4.11. The van der Waals surface area contributed by atoms with E-state index in [0.29, 0.717) is 0 Å². The normalized spacial score (nSPS) is 9.22. The van der Waals surface area contributed by atoms with Crippen molar-refractivity contribution in [2.75, 3.05) is 5.88 Å². The third-order valence-corrected chi connectivity index (χ3v) is 2.03. The molecule has 0 heterocycles. The van der Waals surface area contributed by atoms with Gasteiger partial charge in [0.1, 0.15) is 0 Å². The van der Waals surface area contributed by atoms with Crippen molar-refractivity contribution >= 4 is 56.8 Å². The van der Waals surface area contributed by atoms with Gasteiger partial charge in [-0.2, -0.15) is 0 Å². The van der Waals surface area contributed by atoms with Gasteiger partial charge in [-0.3, -0.25) is 0 Å². The summed E-state index contributed by atoms with van der Waals surface area (Å²) in [5.74, 6) is 0.797. The van der Waals surface area contributed by atoms with Gasteiger partial charge in [-0.05, 0) is 64.4 Å². The van der Waals surface area contributed by atoms with Crippen LogP contribution in [0.15, 0.2) is 7.66 Å². The van der Waals surface area contributed by atoms with Crippen LogP contribution < -0.4 is 0 Å². The number of rotatable bonds is 4. The van der Waals surface area contributed by atoms with Gasteiger partial charge in [-0.1, -0.05) is 6.08 Å². The molecule has 0 aromatic rings. The summed E-state index contributed by atoms with van der Waals surface area (Å²) in [6.45, 7) is 0. The molecule has 0 amide bonds. The second-order valence-electron chi connectivity index (χ2n) is 1.68. The highest BCUT2D eigenvalue weighted by atomic mass is 127. The van der Waals surface area contributed by atoms with Gasteiger partial charge in [0.25, 0.3) is 0 Å². The number of unbranched alkanes of at least 4 members (excludes halogenated alkanes) is 2. The van der Waals surface area contributed by atoms with E-state index in [9.17, 15) is 0 Å². The molecule has 0 atom stereocenters. The molecule has 0 saturated carbocycles. The Hall–Kier alpha value is 1.49. The number of halogens is 3. The quantitative estimate of drug-likeness (QED) is 0.397. The minimum Gasteiger partial charge on any atom is -0.127 e. The molecular weight excluding hydrogens is 361 g/mol. The number of hydrogen-bond donors (Lipinski definition) is 0. The van der Waals surface area contributed by atoms with E-state index >= 15 is 0 Å². The first-order chi connectivity index (χ1) is 4.27. The summed E-state index contributed by atoms with van der Waals surface area (Å²) in [5.41, 5.74) is 0. The minimum atomic E-state index is 0.797. The molecule has 0 radical (unpaired) electrons. The molecule has 0 aromatic heterocycles. The van der Waals surface area contributed by atoms with Crippen molar-refractivity contribution in [3.8, 4) is 0 Å². The topological polar surface area (TPSA) is 0 Å². The Bertz CT molecular complexity index is 87.1. The van der Waals surface area contributed by atoms with E-state index in [1.807, 2.05) is 0 Å². The van der Waals surface area contributed by atoms with Crippen LogP contribution in [0.3, 0.4) is 0 Å². The Labute approximate surface area is 88.7 Å². The van der Waals surface area contributed by atoms with E-state index in [2.05, 4.69) is 51.3 Å². The Morgan fingerprint density at radius 3 is 2.44 bits per heavy atom. The van der Waals surface area contributed by atoms with E-state index in [-0.39, 0.29) is 0 Å². The SMILES string of the molecule is ClCCCCC=C(I)I. The lowest BCUT2D eigenvalue weighted by molar-refractivity contribution is 0.821. The summed E-state index contributed by atoms with van der Waals surface area (Å²) < 4.78 is 1.35. The first kappa shape index (κ1) is 10.5. The molecule has 0 N–H and O–H groups in total. The van der Waals surface area contributed by atoms with E-state index in [0.717, 1.165) is 12.3 Å². The fraction of sp³-hybridized carbons (Fsp3) is 0.667. The molecule has 0 aromatic carbocycles. The van der Waals surface area contributed by atoms with E-state index in [4.69, 9.17) is 11.6 Å². The van der Waals surface area contributed by atoms with Crippen LogP contribution in [-0.4, -0.2) is 5.88 Å². The zero-order valence-electron chi connectivity index (χ0n) is 5.04. The van der Waals surface area contributed by atoms with Gasteiger partial charge in [0.15, 0.2) is 0 Å². The van der Waals surface area contributed by atoms with Crippen molar-refractivity contribution in [1.29, 1.82) is 0 Å². The Morgan fingerprint density at radius 1 is 1.33 bits per heavy atom. The van der Waals surface area contributed by atoms with E-state index < -0.39 is 0 Å². The van der Waals surface area contributed by atoms with Crippen molar-refractivity contribution in [2.24, 2.45) is 0 Å². The molecule has 0 spiro atoms. The summed E-state index contributed by atoms with van der Waals surface area (Å²) in [5, 5.41) is 0. The molecule has 0 unspecified atom stereocenters. The lowest BCUT2D eigenvalue weighted by Gasteiger charge is -1.89. The minimum absolute atomic E-state index is 0.797. The highest BCUT2D eigenvalue weighted by Crippen LogP contribution is 2.16. The smallest absolute Gasteiger partial charge is 0.0474 e. The summed E-state index contributed by atoms with van der Waals surface area (Å²) in [6, 6.07) is 0. The number of allylic oxidation sites excluding steroid dienone is 1. The molecule has 0 rings (SSSR count). The van der Waals surface area contributed by atoms with Gasteiger partial charge in [-0.25, -0.2) is 0 Å². The fourth-order valence-electron chi connectivity index (χ4n) is 0.450. The second kappa shape index (κ2) is 7.60. The lowest BCUT2D eigenvalue weighted by atomic mass is 10.2. The Morgan fingerprint density at radius 2 is 2.00 bits per heavy atom. The molecule has 9 heavy (non-hydrogen) atoms. The van der Waals surface area contributed by atoms with Crippen LogP contribution in [-0.2, 0) is 0 Å². The molecular formula is C6H9ClI2. The van der Waals surface area contributed by atoms with Crippen LogP contribution in [0.1, 0.15) is 19.3 Å². The number of hydrogen-bond acceptors (Lipinski definition) is 0. The first-order valence-electron chi connectivity index (χ1n) is 2.84. The van der Waals surface area contributed by atoms with Crippen LogP contribution in [0.25, 0.3) is 0 Å². The Balaban J connectivity index is 3.00. The maximum Gasteiger partial charge on any atom is 0.0474 e. The van der Waals surface area contributed by atoms with Crippen molar-refractivity contribution in [3.05, 3.63) is 7.66 Å². The molecule has 54 valence electrons. The third-order valence-electron chi connectivity index (χ3n) is 0.886. The van der Waals surface area contributed by atoms with Crippen molar-refractivity contribution < 1.29 is 0 Å². The maximum absolute atomic E-state index is 5.49. The van der Waals surface area contributed by atoms with Crippen molar-refractivity contribution in [3.63, 3.8) is 0 Å². The van der Waals surface area contributed by atoms with Crippen molar-refractivity contribution in [2.45, 2.75) is 19.3 Å². The van der Waals surface area contributed by atoms with Crippen LogP contribution in [0, 0.1) is 0 Å². The first-order valence-corrected chi connectivity index (χ1v) is 5.53. The van der Waals surface area contributed by atoms with Gasteiger partial charge >= 0.3 is 0 Å². The van der Waals surface area contributed by atoms with Gasteiger partial charge < -0.3 is 0 Å². The van der Waals surface area contributed by atoms with Gasteiger partial charge in [0.05, 0.1) is 0 Å². The number of alkyl halides is 1. The monoisotopic (exact) mass is 370 g/mol. The summed E-state index contributed by atoms with van der Waals surface area (Å²) in [4.78, 5) is 0. The highest BCUT2D eigenvalue weighted by molar-refractivity contribution is 14.2. The third kappa shape index (κ3) is 9.49. The lowest BCUT2D eigenvalue weighted by Crippen LogP contribution is -1.73. The van der Waals surface area contributed by atoms with Crippen LogP contribution >= 0.6 is 56.8 Å². The predicted molar refractivity (Wildman–Crippen MR) is 60.7 cm³/mol.